The molecule has 18 heavy (non-hydrogen) atoms. The van der Waals surface area contributed by atoms with Gasteiger partial charge in [-0.2, -0.15) is 0 Å². The molecule has 1 unspecified atom stereocenters. The van der Waals surface area contributed by atoms with Crippen molar-refractivity contribution in [1.29, 1.82) is 0 Å². The predicted molar refractivity (Wildman–Crippen MR) is 74.5 cm³/mol. The van der Waals surface area contributed by atoms with Crippen LogP contribution in [0.15, 0.2) is 22.7 Å². The molecule has 0 heterocycles. The summed E-state index contributed by atoms with van der Waals surface area (Å²) in [6.07, 6.45) is 0. The van der Waals surface area contributed by atoms with E-state index in [-0.39, 0.29) is 11.3 Å². The van der Waals surface area contributed by atoms with Gasteiger partial charge in [0.05, 0.1) is 24.7 Å². The van der Waals surface area contributed by atoms with Crippen LogP contribution in [0.4, 0.5) is 0 Å². The first kappa shape index (κ1) is 15.3. The number of hydrogen-bond donors (Lipinski definition) is 1. The van der Waals surface area contributed by atoms with Crippen LogP contribution < -0.4 is 10.1 Å². The summed E-state index contributed by atoms with van der Waals surface area (Å²) in [5.74, 6) is 0.421. The summed E-state index contributed by atoms with van der Waals surface area (Å²) >= 11 is 9.26. The highest BCUT2D eigenvalue weighted by atomic mass is 79.9. The van der Waals surface area contributed by atoms with Crippen LogP contribution >= 0.6 is 27.5 Å². The van der Waals surface area contributed by atoms with Crippen LogP contribution in [0, 0.1) is 0 Å². The van der Waals surface area contributed by atoms with Crippen molar-refractivity contribution in [2.45, 2.75) is 5.38 Å². The zero-order valence-electron chi connectivity index (χ0n) is 10.2. The van der Waals surface area contributed by atoms with Crippen molar-refractivity contribution in [3.63, 3.8) is 0 Å². The molecule has 1 rings (SSSR count). The van der Waals surface area contributed by atoms with E-state index in [9.17, 15) is 4.79 Å². The fraction of sp³-hybridized carbons (Fsp3) is 0.417. The average Bonchev–Trinajstić information content (AvgIpc) is 2.37. The molecule has 0 aliphatic heterocycles. The number of methoxy groups -OCH3 is 2. The van der Waals surface area contributed by atoms with Gasteiger partial charge in [0, 0.05) is 18.1 Å². The van der Waals surface area contributed by atoms with E-state index >= 15 is 0 Å². The first-order valence-electron chi connectivity index (χ1n) is 5.33. The lowest BCUT2D eigenvalue weighted by molar-refractivity contribution is 0.0948. The fourth-order valence-electron chi connectivity index (χ4n) is 1.34. The Balaban J connectivity index is 2.66. The second kappa shape index (κ2) is 7.61. The van der Waals surface area contributed by atoms with Crippen LogP contribution in [-0.2, 0) is 4.74 Å². The van der Waals surface area contributed by atoms with Gasteiger partial charge < -0.3 is 14.8 Å². The smallest absolute Gasteiger partial charge is 0.252 e. The van der Waals surface area contributed by atoms with Crippen molar-refractivity contribution in [3.8, 4) is 5.75 Å². The van der Waals surface area contributed by atoms with Crippen LogP contribution in [0.3, 0.4) is 0 Å². The minimum atomic E-state index is -0.247. The predicted octanol–water partition coefficient (Wildman–Crippen LogP) is 2.44. The maximum atomic E-state index is 11.9. The van der Waals surface area contributed by atoms with E-state index < -0.39 is 0 Å². The summed E-state index contributed by atoms with van der Waals surface area (Å²) in [6.45, 7) is 0.735. The van der Waals surface area contributed by atoms with Crippen molar-refractivity contribution in [2.24, 2.45) is 0 Å². The van der Waals surface area contributed by atoms with Gasteiger partial charge in [0.25, 0.3) is 5.91 Å². The van der Waals surface area contributed by atoms with Crippen LogP contribution in [0.2, 0.25) is 0 Å². The Morgan fingerprint density at radius 2 is 2.22 bits per heavy atom. The number of benzene rings is 1. The molecule has 100 valence electrons. The lowest BCUT2D eigenvalue weighted by Crippen LogP contribution is -2.31. The van der Waals surface area contributed by atoms with Crippen molar-refractivity contribution in [2.75, 3.05) is 27.4 Å². The van der Waals surface area contributed by atoms with Gasteiger partial charge in [-0.15, -0.1) is 11.6 Å². The maximum Gasteiger partial charge on any atom is 0.252 e. The van der Waals surface area contributed by atoms with Crippen LogP contribution in [0.25, 0.3) is 0 Å². The third-order valence-electron chi connectivity index (χ3n) is 2.25. The summed E-state index contributed by atoms with van der Waals surface area (Å²) < 4.78 is 10.7. The Morgan fingerprint density at radius 1 is 1.50 bits per heavy atom. The van der Waals surface area contributed by atoms with Crippen molar-refractivity contribution in [1.82, 2.24) is 5.32 Å². The zero-order chi connectivity index (χ0) is 13.5. The van der Waals surface area contributed by atoms with Gasteiger partial charge in [-0.05, 0) is 34.1 Å². The number of ether oxygens (including phenoxy) is 2. The van der Waals surface area contributed by atoms with Gasteiger partial charge in [0.2, 0.25) is 0 Å². The molecule has 0 saturated heterocycles. The first-order chi connectivity index (χ1) is 8.58. The molecule has 1 aromatic rings. The highest BCUT2D eigenvalue weighted by Crippen LogP contribution is 2.22. The van der Waals surface area contributed by atoms with Gasteiger partial charge >= 0.3 is 0 Å². The fourth-order valence-corrected chi connectivity index (χ4v) is 1.97. The summed E-state index contributed by atoms with van der Waals surface area (Å²) in [5, 5.41) is 2.49. The van der Waals surface area contributed by atoms with E-state index in [1.807, 2.05) is 0 Å². The Morgan fingerprint density at radius 3 is 2.83 bits per heavy atom. The average molecular weight is 337 g/mol. The van der Waals surface area contributed by atoms with E-state index in [1.54, 1.807) is 32.4 Å². The van der Waals surface area contributed by atoms with Gasteiger partial charge in [-0.1, -0.05) is 0 Å². The van der Waals surface area contributed by atoms with Crippen molar-refractivity contribution >= 4 is 33.4 Å². The molecule has 0 radical (unpaired) electrons. The molecule has 0 bridgehead atoms. The molecule has 1 aromatic carbocycles. The topological polar surface area (TPSA) is 47.6 Å². The molecule has 4 nitrogen and oxygen atoms in total. The molecule has 0 fully saturated rings. The zero-order valence-corrected chi connectivity index (χ0v) is 12.5. The summed E-state index contributed by atoms with van der Waals surface area (Å²) in [5.41, 5.74) is 0.510. The molecule has 0 aliphatic carbocycles. The number of hydrogen-bond acceptors (Lipinski definition) is 3. The van der Waals surface area contributed by atoms with Crippen LogP contribution in [0.1, 0.15) is 10.4 Å². The summed E-state index contributed by atoms with van der Waals surface area (Å²) in [7, 11) is 3.12. The molecule has 1 amide bonds. The number of halogens is 2. The van der Waals surface area contributed by atoms with Crippen molar-refractivity contribution in [3.05, 3.63) is 28.2 Å². The van der Waals surface area contributed by atoms with Crippen molar-refractivity contribution < 1.29 is 14.3 Å². The lowest BCUT2D eigenvalue weighted by atomic mass is 10.2. The summed E-state index contributed by atoms with van der Waals surface area (Å²) in [4.78, 5) is 11.9. The third-order valence-corrected chi connectivity index (χ3v) is 3.22. The number of rotatable bonds is 6. The third kappa shape index (κ3) is 4.48. The van der Waals surface area contributed by atoms with E-state index in [2.05, 4.69) is 21.2 Å². The highest BCUT2D eigenvalue weighted by molar-refractivity contribution is 9.10. The number of carbonyl (C=O) groups excluding carboxylic acids is 1. The summed E-state index contributed by atoms with van der Waals surface area (Å²) in [6, 6.07) is 5.20. The first-order valence-corrected chi connectivity index (χ1v) is 6.56. The van der Waals surface area contributed by atoms with E-state index in [4.69, 9.17) is 21.1 Å². The quantitative estimate of drug-likeness (QED) is 0.812. The van der Waals surface area contributed by atoms with Gasteiger partial charge in [-0.25, -0.2) is 0 Å². The van der Waals surface area contributed by atoms with E-state index in [0.717, 1.165) is 0 Å². The molecular weight excluding hydrogens is 321 g/mol. The van der Waals surface area contributed by atoms with Crippen LogP contribution in [0.5, 0.6) is 5.75 Å². The molecular formula is C12H15BrClNO3. The Hall–Kier alpha value is -0.780. The second-order valence-electron chi connectivity index (χ2n) is 3.61. The normalized spacial score (nSPS) is 12.0. The number of alkyl halides is 1. The van der Waals surface area contributed by atoms with Gasteiger partial charge in [0.15, 0.2) is 0 Å². The van der Waals surface area contributed by atoms with Crippen LogP contribution in [-0.4, -0.2) is 38.7 Å². The monoisotopic (exact) mass is 335 g/mol. The number of amides is 1. The maximum absolute atomic E-state index is 11.9. The minimum absolute atomic E-state index is 0.206. The molecule has 6 heteroatoms. The minimum Gasteiger partial charge on any atom is -0.497 e. The van der Waals surface area contributed by atoms with E-state index in [1.165, 1.54) is 0 Å². The molecule has 0 aliphatic rings. The number of nitrogens with one attached hydrogen (secondary N) is 1. The standard InChI is InChI=1S/C12H15BrClNO3/c1-17-7-8(14)6-15-12(16)10-5-9(18-2)3-4-11(10)13/h3-5,8H,6-7H2,1-2H3,(H,15,16). The Bertz CT molecular complexity index is 414. The Kier molecular flexibility index (Phi) is 6.46. The SMILES string of the molecule is COCC(Cl)CNC(=O)c1cc(OC)ccc1Br. The largest absolute Gasteiger partial charge is 0.497 e. The Labute approximate surface area is 120 Å². The molecule has 0 saturated carbocycles. The highest BCUT2D eigenvalue weighted by Gasteiger charge is 2.13. The molecule has 0 spiro atoms. The van der Waals surface area contributed by atoms with Gasteiger partial charge in [-0.3, -0.25) is 4.79 Å². The lowest BCUT2D eigenvalue weighted by Gasteiger charge is -2.11. The molecule has 1 atom stereocenters. The second-order valence-corrected chi connectivity index (χ2v) is 5.08. The molecule has 1 N–H and O–H groups in total. The molecule has 0 aromatic heterocycles. The van der Waals surface area contributed by atoms with E-state index in [0.29, 0.717) is 28.9 Å². The number of carbonyl (C=O) groups is 1. The van der Waals surface area contributed by atoms with Gasteiger partial charge in [0.1, 0.15) is 5.75 Å².